The number of ether oxygens (including phenoxy) is 1. The minimum atomic E-state index is 0.715. The van der Waals surface area contributed by atoms with Crippen LogP contribution in [0.1, 0.15) is 0 Å². The van der Waals surface area contributed by atoms with E-state index in [2.05, 4.69) is 10.1 Å². The molecular weight excluding hydrogens is 226 g/mol. The van der Waals surface area contributed by atoms with Gasteiger partial charge in [-0.3, -0.25) is 0 Å². The fourth-order valence-electron chi connectivity index (χ4n) is 2.18. The van der Waals surface area contributed by atoms with Gasteiger partial charge in [0.15, 0.2) is 11.6 Å². The monoisotopic (exact) mass is 235 g/mol. The highest BCUT2D eigenvalue weighted by molar-refractivity contribution is 5.71. The van der Waals surface area contributed by atoms with Crippen molar-refractivity contribution < 1.29 is 4.74 Å². The Morgan fingerprint density at radius 2 is 1.78 bits per heavy atom. The minimum Gasteiger partial charge on any atom is -0.453 e. The summed E-state index contributed by atoms with van der Waals surface area (Å²) in [5.74, 6) is 2.26. The van der Waals surface area contributed by atoms with Crippen molar-refractivity contribution in [3.05, 3.63) is 54.9 Å². The molecule has 1 aromatic carbocycles. The van der Waals surface area contributed by atoms with Gasteiger partial charge < -0.3 is 4.74 Å². The summed E-state index contributed by atoms with van der Waals surface area (Å²) in [6.07, 6.45) is 3.51. The standard InChI is InChI=1S/C14H9N3O/c1-2-5-12-10(4-1)11-7-9-16-17(11)14-13(18-12)6-3-8-15-14/h1-9H. The van der Waals surface area contributed by atoms with E-state index in [-0.39, 0.29) is 0 Å². The number of nitrogens with zero attached hydrogens (tertiary/aromatic N) is 3. The van der Waals surface area contributed by atoms with Gasteiger partial charge in [-0.15, -0.1) is 0 Å². The third-order valence-electron chi connectivity index (χ3n) is 2.98. The van der Waals surface area contributed by atoms with Gasteiger partial charge in [0.25, 0.3) is 0 Å². The predicted molar refractivity (Wildman–Crippen MR) is 66.9 cm³/mol. The number of rotatable bonds is 0. The summed E-state index contributed by atoms with van der Waals surface area (Å²) in [4.78, 5) is 4.35. The van der Waals surface area contributed by atoms with E-state index in [9.17, 15) is 0 Å². The highest BCUT2D eigenvalue weighted by Gasteiger charge is 2.20. The van der Waals surface area contributed by atoms with Crippen molar-refractivity contribution in [2.75, 3.05) is 0 Å². The summed E-state index contributed by atoms with van der Waals surface area (Å²) in [5.41, 5.74) is 2.01. The maximum absolute atomic E-state index is 5.92. The van der Waals surface area contributed by atoms with E-state index in [0.29, 0.717) is 11.6 Å². The van der Waals surface area contributed by atoms with Gasteiger partial charge in [-0.2, -0.15) is 5.10 Å². The van der Waals surface area contributed by atoms with Gasteiger partial charge in [0.2, 0.25) is 0 Å². The zero-order valence-corrected chi connectivity index (χ0v) is 9.45. The zero-order valence-electron chi connectivity index (χ0n) is 9.45. The van der Waals surface area contributed by atoms with Gasteiger partial charge in [-0.05, 0) is 30.3 Å². The average Bonchev–Trinajstić information content (AvgIpc) is 2.84. The molecule has 0 atom stereocenters. The maximum atomic E-state index is 5.92. The lowest BCUT2D eigenvalue weighted by atomic mass is 10.1. The van der Waals surface area contributed by atoms with Crippen LogP contribution in [0.2, 0.25) is 0 Å². The summed E-state index contributed by atoms with van der Waals surface area (Å²) in [6, 6.07) is 13.6. The Bertz CT molecular complexity index is 673. The van der Waals surface area contributed by atoms with E-state index in [4.69, 9.17) is 4.74 Å². The van der Waals surface area contributed by atoms with Crippen LogP contribution in [0, 0.1) is 0 Å². The molecule has 4 heteroatoms. The molecule has 0 bridgehead atoms. The van der Waals surface area contributed by atoms with Crippen molar-refractivity contribution in [3.63, 3.8) is 0 Å². The van der Waals surface area contributed by atoms with Crippen LogP contribution in [0.25, 0.3) is 17.1 Å². The lowest BCUT2D eigenvalue weighted by Crippen LogP contribution is -2.00. The van der Waals surface area contributed by atoms with Crippen LogP contribution >= 0.6 is 0 Å². The number of fused-ring (bicyclic) bond motifs is 5. The Kier molecular flexibility index (Phi) is 1.80. The lowest BCUT2D eigenvalue weighted by molar-refractivity contribution is 0.481. The molecule has 4 rings (SSSR count). The first-order valence-electron chi connectivity index (χ1n) is 5.70. The van der Waals surface area contributed by atoms with Gasteiger partial charge in [0, 0.05) is 11.8 Å². The normalized spacial score (nSPS) is 11.8. The second-order valence-corrected chi connectivity index (χ2v) is 4.05. The molecule has 0 N–H and O–H groups in total. The molecule has 3 aromatic rings. The van der Waals surface area contributed by atoms with Crippen molar-refractivity contribution >= 4 is 0 Å². The summed E-state index contributed by atoms with van der Waals surface area (Å²) in [7, 11) is 0. The highest BCUT2D eigenvalue weighted by Crippen LogP contribution is 2.39. The lowest BCUT2D eigenvalue weighted by Gasteiger charge is -2.06. The SMILES string of the molecule is c1ccc2c(c1)Oc1cccnc1-n1nccc1-2. The molecule has 18 heavy (non-hydrogen) atoms. The molecule has 86 valence electrons. The fourth-order valence-corrected chi connectivity index (χ4v) is 2.18. The van der Waals surface area contributed by atoms with Gasteiger partial charge in [0.05, 0.1) is 11.9 Å². The third-order valence-corrected chi connectivity index (χ3v) is 2.98. The number of benzene rings is 1. The molecule has 1 aliphatic heterocycles. The molecule has 0 amide bonds. The molecular formula is C14H9N3O. The highest BCUT2D eigenvalue weighted by atomic mass is 16.5. The summed E-state index contributed by atoms with van der Waals surface area (Å²) in [5, 5.41) is 4.33. The molecule has 0 unspecified atom stereocenters. The molecule has 0 saturated carbocycles. The molecule has 0 saturated heterocycles. The number of para-hydroxylation sites is 1. The Hall–Kier alpha value is -2.62. The number of hydrogen-bond donors (Lipinski definition) is 0. The Morgan fingerprint density at radius 1 is 0.889 bits per heavy atom. The molecule has 0 spiro atoms. The van der Waals surface area contributed by atoms with Crippen molar-refractivity contribution in [1.82, 2.24) is 14.8 Å². The number of hydrogen-bond acceptors (Lipinski definition) is 3. The van der Waals surface area contributed by atoms with Crippen LogP contribution in [0.15, 0.2) is 54.9 Å². The van der Waals surface area contributed by atoms with Crippen LogP contribution in [0.5, 0.6) is 11.5 Å². The maximum Gasteiger partial charge on any atom is 0.197 e. The molecule has 3 heterocycles. The predicted octanol–water partition coefficient (Wildman–Crippen LogP) is 3.04. The number of pyridine rings is 1. The molecule has 0 fully saturated rings. The van der Waals surface area contributed by atoms with E-state index >= 15 is 0 Å². The Morgan fingerprint density at radius 3 is 2.78 bits per heavy atom. The van der Waals surface area contributed by atoms with E-state index in [1.807, 2.05) is 42.5 Å². The molecule has 0 aliphatic carbocycles. The summed E-state index contributed by atoms with van der Waals surface area (Å²) >= 11 is 0. The van der Waals surface area contributed by atoms with Crippen molar-refractivity contribution in [1.29, 1.82) is 0 Å². The largest absolute Gasteiger partial charge is 0.453 e. The molecule has 2 aromatic heterocycles. The van der Waals surface area contributed by atoms with Gasteiger partial charge in [-0.1, -0.05) is 12.1 Å². The first-order valence-corrected chi connectivity index (χ1v) is 5.70. The van der Waals surface area contributed by atoms with E-state index in [1.165, 1.54) is 0 Å². The van der Waals surface area contributed by atoms with Crippen molar-refractivity contribution in [3.8, 4) is 28.6 Å². The van der Waals surface area contributed by atoms with Crippen LogP contribution in [0.3, 0.4) is 0 Å². The van der Waals surface area contributed by atoms with Crippen LogP contribution in [0.4, 0.5) is 0 Å². The third kappa shape index (κ3) is 1.20. The van der Waals surface area contributed by atoms with Gasteiger partial charge in [0.1, 0.15) is 5.75 Å². The second kappa shape index (κ2) is 3.43. The quantitative estimate of drug-likeness (QED) is 0.470. The average molecular weight is 235 g/mol. The Balaban J connectivity index is 2.12. The molecule has 4 nitrogen and oxygen atoms in total. The smallest absolute Gasteiger partial charge is 0.197 e. The van der Waals surface area contributed by atoms with E-state index in [0.717, 1.165) is 17.0 Å². The van der Waals surface area contributed by atoms with E-state index in [1.54, 1.807) is 17.1 Å². The van der Waals surface area contributed by atoms with Crippen LogP contribution in [-0.2, 0) is 0 Å². The summed E-state index contributed by atoms with van der Waals surface area (Å²) < 4.78 is 7.73. The number of aromatic nitrogens is 3. The topological polar surface area (TPSA) is 39.9 Å². The second-order valence-electron chi connectivity index (χ2n) is 4.05. The summed E-state index contributed by atoms with van der Waals surface area (Å²) in [6.45, 7) is 0. The minimum absolute atomic E-state index is 0.715. The first kappa shape index (κ1) is 9.41. The zero-order chi connectivity index (χ0) is 11.9. The van der Waals surface area contributed by atoms with Crippen LogP contribution in [-0.4, -0.2) is 14.8 Å². The van der Waals surface area contributed by atoms with Crippen molar-refractivity contribution in [2.24, 2.45) is 0 Å². The molecule has 0 radical (unpaired) electrons. The van der Waals surface area contributed by atoms with Crippen LogP contribution < -0.4 is 4.74 Å². The first-order chi connectivity index (χ1) is 8.93. The van der Waals surface area contributed by atoms with Crippen molar-refractivity contribution in [2.45, 2.75) is 0 Å². The fraction of sp³-hybridized carbons (Fsp3) is 0. The van der Waals surface area contributed by atoms with Gasteiger partial charge in [-0.25, -0.2) is 9.67 Å². The Labute approximate surface area is 103 Å². The van der Waals surface area contributed by atoms with Gasteiger partial charge >= 0.3 is 0 Å². The molecule has 1 aliphatic rings. The van der Waals surface area contributed by atoms with E-state index < -0.39 is 0 Å².